The Bertz CT molecular complexity index is 1790. The molecular weight excluding hydrogens is 663 g/mol. The van der Waals surface area contributed by atoms with Crippen molar-refractivity contribution in [1.82, 2.24) is 0 Å². The van der Waals surface area contributed by atoms with Crippen molar-refractivity contribution in [3.8, 4) is 11.1 Å². The Morgan fingerprint density at radius 3 is 2.05 bits per heavy atom. The first-order valence-electron chi connectivity index (χ1n) is 11.7. The van der Waals surface area contributed by atoms with Gasteiger partial charge in [-0.1, -0.05) is 82.8 Å². The third kappa shape index (κ3) is 5.37. The van der Waals surface area contributed by atoms with E-state index in [-0.39, 0.29) is 49.7 Å². The molecule has 0 aliphatic rings. The topological polar surface area (TPSA) is 0 Å². The van der Waals surface area contributed by atoms with E-state index in [1.54, 1.807) is 10.2 Å². The summed E-state index contributed by atoms with van der Waals surface area (Å²) in [5.41, 5.74) is 2.60. The third-order valence-electron chi connectivity index (χ3n) is 6.87. The van der Waals surface area contributed by atoms with Crippen LogP contribution in [0.1, 0.15) is 0 Å². The summed E-state index contributed by atoms with van der Waals surface area (Å²) in [5.74, 6) is 0. The van der Waals surface area contributed by atoms with Crippen molar-refractivity contribution in [2.75, 3.05) is 0 Å². The van der Waals surface area contributed by atoms with Gasteiger partial charge in [0.25, 0.3) is 0 Å². The Hall–Kier alpha value is -2.57. The fourth-order valence-electron chi connectivity index (χ4n) is 4.99. The average molecular weight is 689 g/mol. The largest absolute Gasteiger partial charge is 4.00 e. The molecule has 7 rings (SSSR count). The first-order chi connectivity index (χ1) is 16.7. The van der Waals surface area contributed by atoms with Gasteiger partial charge in [0, 0.05) is 5.12 Å². The van der Waals surface area contributed by atoms with Crippen molar-refractivity contribution in [1.29, 1.82) is 0 Å². The Kier molecular flexibility index (Phi) is 9.65. The first kappa shape index (κ1) is 29.0. The molecule has 6 aromatic carbocycles. The van der Waals surface area contributed by atoms with Crippen LogP contribution in [0.3, 0.4) is 0 Å². The van der Waals surface area contributed by atoms with Gasteiger partial charge in [0.1, 0.15) is 0 Å². The van der Waals surface area contributed by atoms with Gasteiger partial charge in [-0.2, -0.15) is 18.2 Å². The van der Waals surface area contributed by atoms with Gasteiger partial charge in [-0.25, -0.2) is 0 Å². The van der Waals surface area contributed by atoms with Gasteiger partial charge in [0.2, 0.25) is 0 Å². The molecule has 0 aliphatic carbocycles. The standard InChI is InChI=1S/C17H15P2.C15H11.2FH.Hf/c1-18-13-10-12-6-5-8-14(16(12)11-13)15-7-3-4-9-17(15)19(18)2;1-2-6-12(7-3-1)14-10-4-8-13-9-5-11-15(13)14;;;/h3-11H,1-2H3;1-11H;2*1H;/q2*-1;;;+4/p-2. The summed E-state index contributed by atoms with van der Waals surface area (Å²) in [6, 6.07) is 44.0. The molecule has 0 N–H and O–H groups in total. The Morgan fingerprint density at radius 2 is 1.24 bits per heavy atom. The van der Waals surface area contributed by atoms with E-state index in [0.29, 0.717) is 0 Å². The van der Waals surface area contributed by atoms with Crippen molar-refractivity contribution in [2.24, 2.45) is 13.3 Å². The third-order valence-corrected chi connectivity index (χ3v) is 13.9. The molecule has 1 aromatic heterocycles. The van der Waals surface area contributed by atoms with E-state index in [9.17, 15) is 0 Å². The molecule has 2 unspecified atom stereocenters. The SMILES string of the molecule is Cp1c2cc3c(cccc3c3ccccc3p1C)[cH-]2.[F-].[F-].[Hf+4].c1ccc(-c2cccc3[cH-]ccc23)cc1. The molecule has 0 radical (unpaired) electrons. The van der Waals surface area contributed by atoms with Crippen LogP contribution in [0.15, 0.2) is 121 Å². The van der Waals surface area contributed by atoms with Crippen LogP contribution in [0.4, 0.5) is 0 Å². The predicted octanol–water partition coefficient (Wildman–Crippen LogP) is 4.71. The minimum absolute atomic E-state index is 0. The maximum absolute atomic E-state index is 2.44. The second kappa shape index (κ2) is 12.3. The Balaban J connectivity index is 0.000000195. The molecule has 0 saturated carbocycles. The minimum atomic E-state index is -0.0844. The Morgan fingerprint density at radius 1 is 0.568 bits per heavy atom. The molecular formula is C32H26F2HfP2. The van der Waals surface area contributed by atoms with Crippen molar-refractivity contribution >= 4 is 57.0 Å². The number of rotatable bonds is 1. The molecule has 1 heterocycles. The molecule has 2 atom stereocenters. The van der Waals surface area contributed by atoms with Crippen molar-refractivity contribution in [2.45, 2.75) is 0 Å². The quantitative estimate of drug-likeness (QED) is 0.173. The van der Waals surface area contributed by atoms with E-state index in [4.69, 9.17) is 0 Å². The van der Waals surface area contributed by atoms with Crippen LogP contribution in [0, 0.1) is 0 Å². The van der Waals surface area contributed by atoms with Crippen LogP contribution < -0.4 is 9.41 Å². The summed E-state index contributed by atoms with van der Waals surface area (Å²) in [4.78, 5) is 0. The van der Waals surface area contributed by atoms with Crippen LogP contribution in [0.5, 0.6) is 0 Å². The van der Waals surface area contributed by atoms with Gasteiger partial charge in [-0.3, -0.25) is 0 Å². The fourth-order valence-corrected chi connectivity index (χ4v) is 10.0. The molecule has 0 nitrogen and oxygen atoms in total. The van der Waals surface area contributed by atoms with Gasteiger partial charge in [-0.05, 0) is 24.3 Å². The monoisotopic (exact) mass is 690 g/mol. The average Bonchev–Trinajstić information content (AvgIpc) is 3.55. The van der Waals surface area contributed by atoms with Crippen LogP contribution >= 0.6 is 14.4 Å². The van der Waals surface area contributed by atoms with Crippen LogP contribution in [0.2, 0.25) is 0 Å². The molecule has 182 valence electrons. The second-order valence-corrected chi connectivity index (χ2v) is 15.5. The van der Waals surface area contributed by atoms with Crippen LogP contribution in [-0.2, 0) is 39.2 Å². The van der Waals surface area contributed by atoms with Gasteiger partial charge >= 0.3 is 25.8 Å². The van der Waals surface area contributed by atoms with Crippen molar-refractivity contribution in [3.05, 3.63) is 121 Å². The maximum Gasteiger partial charge on any atom is 4.00 e. The molecule has 0 spiro atoms. The number of hydrogen-bond acceptors (Lipinski definition) is 0. The number of fused-ring (bicyclic) bond motifs is 4. The Labute approximate surface area is 236 Å². The van der Waals surface area contributed by atoms with E-state index < -0.39 is 0 Å². The summed E-state index contributed by atoms with van der Waals surface area (Å²) in [6.45, 7) is 4.89. The maximum atomic E-state index is 2.44. The number of halogens is 2. The normalized spacial score (nSPS) is 11.3. The molecule has 0 saturated heterocycles. The molecule has 0 amide bonds. The fraction of sp³-hybridized carbons (Fsp3) is 0.0625. The number of aryl methyl sites for hydroxylation is 2. The zero-order valence-electron chi connectivity index (χ0n) is 20.7. The molecule has 0 aliphatic heterocycles. The molecule has 2 bridgehead atoms. The first-order valence-corrected chi connectivity index (χ1v) is 15.9. The summed E-state index contributed by atoms with van der Waals surface area (Å²) in [7, 11) is -0.145. The number of benzene rings is 4. The van der Waals surface area contributed by atoms with E-state index in [2.05, 4.69) is 135 Å². The minimum Gasteiger partial charge on any atom is -1.00 e. The molecule has 37 heavy (non-hydrogen) atoms. The van der Waals surface area contributed by atoms with Crippen molar-refractivity contribution in [3.63, 3.8) is 0 Å². The zero-order chi connectivity index (χ0) is 23.1. The molecule has 5 heteroatoms. The number of hydrogen-bond donors (Lipinski definition) is 0. The van der Waals surface area contributed by atoms with E-state index in [0.717, 1.165) is 0 Å². The van der Waals surface area contributed by atoms with Gasteiger partial charge in [0.15, 0.2) is 0 Å². The van der Waals surface area contributed by atoms with Gasteiger partial charge < -0.3 is 9.41 Å². The van der Waals surface area contributed by atoms with Gasteiger partial charge in [-0.15, -0.1) is 72.4 Å². The van der Waals surface area contributed by atoms with Crippen LogP contribution in [0.25, 0.3) is 53.7 Å². The molecule has 7 aromatic rings. The molecule has 0 fully saturated rings. The van der Waals surface area contributed by atoms with Crippen molar-refractivity contribution < 1.29 is 35.3 Å². The smallest absolute Gasteiger partial charge is 1.00 e. The van der Waals surface area contributed by atoms with Crippen LogP contribution in [-0.4, -0.2) is 0 Å². The van der Waals surface area contributed by atoms with Gasteiger partial charge in [0.05, 0.1) is 0 Å². The van der Waals surface area contributed by atoms with E-state index >= 15 is 0 Å². The van der Waals surface area contributed by atoms with E-state index in [1.165, 1.54) is 43.4 Å². The second-order valence-electron chi connectivity index (χ2n) is 8.79. The summed E-state index contributed by atoms with van der Waals surface area (Å²) < 4.78 is 0. The summed E-state index contributed by atoms with van der Waals surface area (Å²) in [6.07, 6.45) is 0. The zero-order valence-corrected chi connectivity index (χ0v) is 26.1. The predicted molar refractivity (Wildman–Crippen MR) is 156 cm³/mol. The van der Waals surface area contributed by atoms with E-state index in [1.807, 2.05) is 0 Å². The summed E-state index contributed by atoms with van der Waals surface area (Å²) >= 11 is 0. The summed E-state index contributed by atoms with van der Waals surface area (Å²) in [5, 5.41) is 11.5.